The zero-order valence-corrected chi connectivity index (χ0v) is 24.9. The number of phenols is 1. The molecule has 4 heterocycles. The van der Waals surface area contributed by atoms with Crippen LogP contribution in [0, 0.1) is 11.2 Å². The molecule has 3 aliphatic heterocycles. The third-order valence-corrected chi connectivity index (χ3v) is 9.08. The van der Waals surface area contributed by atoms with Crippen molar-refractivity contribution in [2.24, 2.45) is 5.41 Å². The number of carbonyl (C=O) groups excluding carboxylic acids is 1. The highest BCUT2D eigenvalue weighted by atomic mass is 79.9. The molecule has 1 N–H and O–H groups in total. The Labute approximate surface area is 241 Å². The fourth-order valence-electron chi connectivity index (χ4n) is 6.12. The van der Waals surface area contributed by atoms with Gasteiger partial charge in [0.1, 0.15) is 22.7 Å². The molecule has 40 heavy (non-hydrogen) atoms. The Morgan fingerprint density at radius 3 is 2.50 bits per heavy atom. The normalized spacial score (nSPS) is 24.4. The molecule has 4 aliphatic rings. The molecule has 1 aromatic heterocycles. The molecular formula is C28H37BrFN5O5. The summed E-state index contributed by atoms with van der Waals surface area (Å²) >= 11 is 3.14. The lowest BCUT2D eigenvalue weighted by Gasteiger charge is -2.42. The van der Waals surface area contributed by atoms with Crippen LogP contribution >= 0.6 is 15.9 Å². The SMILES string of the molecule is CC(C)(C)OC(=O)N1C2CCC1CN(c1nc(OCC3(CN4CCOCC4)CC3)nc3c(F)c(Br)c(O)cc13)C2. The average Bonchev–Trinajstić information content (AvgIpc) is 3.61. The van der Waals surface area contributed by atoms with Gasteiger partial charge in [-0.3, -0.25) is 9.80 Å². The summed E-state index contributed by atoms with van der Waals surface area (Å²) in [5.74, 6) is -0.380. The first-order chi connectivity index (χ1) is 19.0. The van der Waals surface area contributed by atoms with Crippen molar-refractivity contribution in [1.29, 1.82) is 0 Å². The molecule has 0 radical (unpaired) electrons. The van der Waals surface area contributed by atoms with Gasteiger partial charge in [0.15, 0.2) is 5.82 Å². The lowest BCUT2D eigenvalue weighted by Crippen LogP contribution is -2.57. The number of morpholine rings is 1. The summed E-state index contributed by atoms with van der Waals surface area (Å²) < 4.78 is 32.7. The van der Waals surface area contributed by atoms with Crippen molar-refractivity contribution in [3.63, 3.8) is 0 Å². The molecule has 2 unspecified atom stereocenters. The van der Waals surface area contributed by atoms with Crippen molar-refractivity contribution < 1.29 is 28.5 Å². The molecule has 10 nitrogen and oxygen atoms in total. The number of aromatic hydroxyl groups is 1. The fourth-order valence-corrected chi connectivity index (χ4v) is 6.43. The predicted molar refractivity (Wildman–Crippen MR) is 150 cm³/mol. The van der Waals surface area contributed by atoms with Crippen LogP contribution in [0.25, 0.3) is 10.9 Å². The maximum Gasteiger partial charge on any atom is 0.410 e. The van der Waals surface area contributed by atoms with E-state index in [4.69, 9.17) is 19.2 Å². The monoisotopic (exact) mass is 621 g/mol. The number of phenolic OH excluding ortho intramolecular Hbond substituents is 1. The van der Waals surface area contributed by atoms with E-state index >= 15 is 4.39 Å². The number of rotatable bonds is 6. The van der Waals surface area contributed by atoms with Gasteiger partial charge in [0.25, 0.3) is 0 Å². The summed E-state index contributed by atoms with van der Waals surface area (Å²) in [5.41, 5.74) is -0.446. The van der Waals surface area contributed by atoms with Crippen molar-refractivity contribution in [2.75, 3.05) is 57.4 Å². The van der Waals surface area contributed by atoms with Gasteiger partial charge in [-0.25, -0.2) is 9.18 Å². The first kappa shape index (κ1) is 27.7. The lowest BCUT2D eigenvalue weighted by molar-refractivity contribution is 0.0123. The first-order valence-corrected chi connectivity index (χ1v) is 14.9. The summed E-state index contributed by atoms with van der Waals surface area (Å²) in [5, 5.41) is 10.8. The van der Waals surface area contributed by atoms with E-state index in [1.54, 1.807) is 0 Å². The number of piperazine rings is 1. The second-order valence-electron chi connectivity index (χ2n) is 12.6. The third-order valence-electron chi connectivity index (χ3n) is 8.32. The minimum atomic E-state index is -0.659. The van der Waals surface area contributed by atoms with Crippen molar-refractivity contribution in [3.8, 4) is 11.8 Å². The van der Waals surface area contributed by atoms with Crippen LogP contribution < -0.4 is 9.64 Å². The highest BCUT2D eigenvalue weighted by molar-refractivity contribution is 9.10. The summed E-state index contributed by atoms with van der Waals surface area (Å²) in [6.07, 6.45) is 3.52. The predicted octanol–water partition coefficient (Wildman–Crippen LogP) is 4.32. The Kier molecular flexibility index (Phi) is 7.23. The molecule has 1 aliphatic carbocycles. The number of aromatic nitrogens is 2. The van der Waals surface area contributed by atoms with Crippen molar-refractivity contribution >= 4 is 38.7 Å². The minimum Gasteiger partial charge on any atom is -0.507 e. The average molecular weight is 623 g/mol. The topological polar surface area (TPSA) is 100 Å². The van der Waals surface area contributed by atoms with E-state index < -0.39 is 11.4 Å². The Balaban J connectivity index is 1.26. The fraction of sp³-hybridized carbons (Fsp3) is 0.679. The second-order valence-corrected chi connectivity index (χ2v) is 13.4. The molecule has 0 spiro atoms. The van der Waals surface area contributed by atoms with Gasteiger partial charge in [0.2, 0.25) is 0 Å². The number of hydrogen-bond acceptors (Lipinski definition) is 9. The highest BCUT2D eigenvalue weighted by Crippen LogP contribution is 2.47. The number of fused-ring (bicyclic) bond motifs is 3. The number of hydrogen-bond donors (Lipinski definition) is 1. The van der Waals surface area contributed by atoms with Gasteiger partial charge >= 0.3 is 12.1 Å². The molecule has 3 saturated heterocycles. The Bertz CT molecular complexity index is 1280. The molecule has 6 rings (SSSR count). The summed E-state index contributed by atoms with van der Waals surface area (Å²) in [4.78, 5) is 28.5. The van der Waals surface area contributed by atoms with Crippen LogP contribution in [0.2, 0.25) is 0 Å². The standard InChI is InChI=1S/C28H37BrFN5O5/c1-27(2,3)40-26(37)35-17-4-5-18(35)14-34(13-17)24-19-12-20(36)21(29)22(30)23(19)31-25(32-24)39-16-28(6-7-28)15-33-8-10-38-11-9-33/h12,17-18,36H,4-11,13-16H2,1-3H3. The maximum atomic E-state index is 15.4. The highest BCUT2D eigenvalue weighted by Gasteiger charge is 2.46. The van der Waals surface area contributed by atoms with E-state index in [9.17, 15) is 9.90 Å². The molecular weight excluding hydrogens is 585 g/mol. The quantitative estimate of drug-likeness (QED) is 0.505. The number of anilines is 1. The van der Waals surface area contributed by atoms with E-state index in [1.807, 2.05) is 25.7 Å². The molecule has 1 amide bonds. The smallest absolute Gasteiger partial charge is 0.410 e. The van der Waals surface area contributed by atoms with Gasteiger partial charge in [0, 0.05) is 43.5 Å². The van der Waals surface area contributed by atoms with E-state index in [-0.39, 0.29) is 45.3 Å². The number of halogens is 2. The largest absolute Gasteiger partial charge is 0.507 e. The maximum absolute atomic E-state index is 15.4. The zero-order valence-electron chi connectivity index (χ0n) is 23.3. The molecule has 1 aromatic carbocycles. The summed E-state index contributed by atoms with van der Waals surface area (Å²) in [6, 6.07) is 1.50. The summed E-state index contributed by atoms with van der Waals surface area (Å²) in [6.45, 7) is 11.3. The number of nitrogens with zero attached hydrogens (tertiary/aromatic N) is 5. The number of benzene rings is 1. The number of amides is 1. The van der Waals surface area contributed by atoms with E-state index in [2.05, 4.69) is 30.7 Å². The molecule has 2 aromatic rings. The van der Waals surface area contributed by atoms with Gasteiger partial charge < -0.3 is 24.2 Å². The van der Waals surface area contributed by atoms with Crippen LogP contribution in [-0.4, -0.2) is 101 Å². The Morgan fingerprint density at radius 1 is 1.20 bits per heavy atom. The second kappa shape index (κ2) is 10.4. The third kappa shape index (κ3) is 5.54. The van der Waals surface area contributed by atoms with Crippen LogP contribution in [0.1, 0.15) is 46.5 Å². The van der Waals surface area contributed by atoms with Crippen molar-refractivity contribution in [2.45, 2.75) is 64.1 Å². The molecule has 1 saturated carbocycles. The summed E-state index contributed by atoms with van der Waals surface area (Å²) in [7, 11) is 0. The van der Waals surface area contributed by atoms with E-state index in [0.717, 1.165) is 58.5 Å². The molecule has 218 valence electrons. The van der Waals surface area contributed by atoms with Gasteiger partial charge in [-0.05, 0) is 68.5 Å². The van der Waals surface area contributed by atoms with Crippen LogP contribution in [0.4, 0.5) is 15.0 Å². The van der Waals surface area contributed by atoms with Crippen LogP contribution in [0.15, 0.2) is 10.5 Å². The van der Waals surface area contributed by atoms with Crippen molar-refractivity contribution in [1.82, 2.24) is 19.8 Å². The Morgan fingerprint density at radius 2 is 1.88 bits per heavy atom. The van der Waals surface area contributed by atoms with Gasteiger partial charge in [-0.2, -0.15) is 9.97 Å². The van der Waals surface area contributed by atoms with Gasteiger partial charge in [0.05, 0.1) is 36.4 Å². The zero-order chi connectivity index (χ0) is 28.2. The lowest BCUT2D eigenvalue weighted by atomic mass is 10.1. The van der Waals surface area contributed by atoms with Crippen LogP contribution in [0.5, 0.6) is 11.8 Å². The van der Waals surface area contributed by atoms with Gasteiger partial charge in [-0.1, -0.05) is 0 Å². The molecule has 4 fully saturated rings. The molecule has 2 atom stereocenters. The van der Waals surface area contributed by atoms with Gasteiger partial charge in [-0.15, -0.1) is 0 Å². The van der Waals surface area contributed by atoms with Crippen molar-refractivity contribution in [3.05, 3.63) is 16.4 Å². The molecule has 2 bridgehead atoms. The first-order valence-electron chi connectivity index (χ1n) is 14.1. The van der Waals surface area contributed by atoms with Crippen LogP contribution in [0.3, 0.4) is 0 Å². The number of ether oxygens (including phenoxy) is 3. The van der Waals surface area contributed by atoms with Crippen LogP contribution in [-0.2, 0) is 9.47 Å². The minimum absolute atomic E-state index is 0.0437. The Hall–Kier alpha value is -2.44. The molecule has 12 heteroatoms. The number of carbonyl (C=O) groups is 1. The van der Waals surface area contributed by atoms with E-state index in [1.165, 1.54) is 6.07 Å². The van der Waals surface area contributed by atoms with E-state index in [0.29, 0.717) is 30.9 Å².